The maximum Gasteiger partial charge on any atom is 0.0897 e. The molecule has 4 nitrogen and oxygen atoms in total. The molecule has 0 aliphatic carbocycles. The maximum absolute atomic E-state index is 10.0. The van der Waals surface area contributed by atoms with Crippen LogP contribution in [0.25, 0.3) is 0 Å². The van der Waals surface area contributed by atoms with E-state index in [1.54, 1.807) is 13.8 Å². The van der Waals surface area contributed by atoms with Crippen molar-refractivity contribution in [1.82, 2.24) is 5.32 Å². The van der Waals surface area contributed by atoms with E-state index in [4.69, 9.17) is 4.74 Å². The average Bonchev–Trinajstić information content (AvgIpc) is 2.39. The molecule has 0 aromatic rings. The predicted octanol–water partition coefficient (Wildman–Crippen LogP) is 2.72. The molecule has 4 heteroatoms. The number of nitrogens with one attached hydrogen (secondary N) is 1. The molecule has 0 amide bonds. The molecule has 128 valence electrons. The molecule has 0 radical (unpaired) electrons. The normalized spacial score (nSPS) is 16.0. The largest absolute Gasteiger partial charge is 0.389 e. The third kappa shape index (κ3) is 8.77. The van der Waals surface area contributed by atoms with Crippen LogP contribution in [0.3, 0.4) is 0 Å². The zero-order valence-electron chi connectivity index (χ0n) is 14.9. The molecule has 0 aliphatic rings. The molecule has 3 N–H and O–H groups in total. The van der Waals surface area contributed by atoms with Crippen LogP contribution in [0.1, 0.15) is 67.2 Å². The third-order valence-corrected chi connectivity index (χ3v) is 4.52. The average molecular weight is 303 g/mol. The summed E-state index contributed by atoms with van der Waals surface area (Å²) in [6.07, 6.45) is 4.24. The Hall–Kier alpha value is -0.160. The van der Waals surface area contributed by atoms with E-state index in [1.807, 2.05) is 13.8 Å². The highest BCUT2D eigenvalue weighted by molar-refractivity contribution is 4.93. The van der Waals surface area contributed by atoms with Gasteiger partial charge in [-0.05, 0) is 40.0 Å². The molecule has 0 bridgehead atoms. The highest BCUT2D eigenvalue weighted by Gasteiger charge is 2.34. The van der Waals surface area contributed by atoms with Crippen molar-refractivity contribution >= 4 is 0 Å². The monoisotopic (exact) mass is 303 g/mol. The van der Waals surface area contributed by atoms with E-state index < -0.39 is 17.2 Å². The number of rotatable bonds is 12. The van der Waals surface area contributed by atoms with Crippen molar-refractivity contribution in [3.05, 3.63) is 0 Å². The fourth-order valence-corrected chi connectivity index (χ4v) is 1.92. The van der Waals surface area contributed by atoms with Crippen molar-refractivity contribution in [2.45, 2.75) is 84.5 Å². The molecule has 0 saturated carbocycles. The Morgan fingerprint density at radius 1 is 1.10 bits per heavy atom. The Morgan fingerprint density at radius 2 is 1.71 bits per heavy atom. The van der Waals surface area contributed by atoms with Gasteiger partial charge in [0, 0.05) is 18.7 Å². The van der Waals surface area contributed by atoms with Crippen molar-refractivity contribution < 1.29 is 14.9 Å². The molecular weight excluding hydrogens is 266 g/mol. The Kier molecular flexibility index (Phi) is 9.70. The topological polar surface area (TPSA) is 61.7 Å². The summed E-state index contributed by atoms with van der Waals surface area (Å²) in [5.41, 5.74) is -1.30. The molecule has 0 spiro atoms. The number of unbranched alkanes of at least 4 members (excludes halogenated alkanes) is 1. The van der Waals surface area contributed by atoms with Gasteiger partial charge in [-0.25, -0.2) is 0 Å². The summed E-state index contributed by atoms with van der Waals surface area (Å²) in [6, 6.07) is 0. The van der Waals surface area contributed by atoms with E-state index in [2.05, 4.69) is 19.2 Å². The van der Waals surface area contributed by atoms with E-state index in [0.29, 0.717) is 19.1 Å². The fraction of sp³-hybridized carbons (Fsp3) is 1.00. The van der Waals surface area contributed by atoms with E-state index in [1.165, 1.54) is 19.3 Å². The summed E-state index contributed by atoms with van der Waals surface area (Å²) in [5, 5.41) is 23.2. The Bertz CT molecular complexity index is 261. The summed E-state index contributed by atoms with van der Waals surface area (Å²) >= 11 is 0. The Balaban J connectivity index is 3.92. The van der Waals surface area contributed by atoms with E-state index in [0.717, 1.165) is 13.0 Å². The fourth-order valence-electron chi connectivity index (χ4n) is 1.92. The van der Waals surface area contributed by atoms with Crippen molar-refractivity contribution in [2.75, 3.05) is 19.8 Å². The van der Waals surface area contributed by atoms with Gasteiger partial charge in [0.25, 0.3) is 0 Å². The molecule has 0 rings (SSSR count). The first-order valence-electron chi connectivity index (χ1n) is 8.37. The second-order valence-electron chi connectivity index (χ2n) is 7.17. The SMILES string of the molecule is CCCCC(CC)COCC(O)CNC(C)(C)C(C)(C)O. The molecular formula is C17H37NO3. The van der Waals surface area contributed by atoms with Crippen LogP contribution in [0.5, 0.6) is 0 Å². The Labute approximate surface area is 131 Å². The standard InChI is InChI=1S/C17H37NO3/c1-7-9-10-14(8-2)12-21-13-15(19)11-18-16(3,4)17(5,6)20/h14-15,18-20H,7-13H2,1-6H3. The number of aliphatic hydroxyl groups is 2. The number of aliphatic hydroxyl groups excluding tert-OH is 1. The van der Waals surface area contributed by atoms with E-state index in [-0.39, 0.29) is 0 Å². The first-order chi connectivity index (χ1) is 9.64. The van der Waals surface area contributed by atoms with Gasteiger partial charge in [-0.3, -0.25) is 0 Å². The zero-order chi connectivity index (χ0) is 16.5. The van der Waals surface area contributed by atoms with Gasteiger partial charge in [0.1, 0.15) is 0 Å². The second-order valence-corrected chi connectivity index (χ2v) is 7.17. The molecule has 0 saturated heterocycles. The molecule has 0 aromatic carbocycles. The van der Waals surface area contributed by atoms with Gasteiger partial charge in [0.2, 0.25) is 0 Å². The molecule has 0 aromatic heterocycles. The van der Waals surface area contributed by atoms with E-state index in [9.17, 15) is 10.2 Å². The lowest BCUT2D eigenvalue weighted by atomic mass is 9.86. The number of β-amino-alcohol motifs (C(OH)–C–C–N with tert-alkyl or cyclic N) is 1. The van der Waals surface area contributed by atoms with Crippen LogP contribution in [-0.4, -0.2) is 47.2 Å². The lowest BCUT2D eigenvalue weighted by Crippen LogP contribution is -2.57. The van der Waals surface area contributed by atoms with Gasteiger partial charge in [-0.15, -0.1) is 0 Å². The van der Waals surface area contributed by atoms with Crippen LogP contribution < -0.4 is 5.32 Å². The lowest BCUT2D eigenvalue weighted by molar-refractivity contribution is -0.0205. The van der Waals surface area contributed by atoms with Gasteiger partial charge >= 0.3 is 0 Å². The lowest BCUT2D eigenvalue weighted by Gasteiger charge is -2.38. The quantitative estimate of drug-likeness (QED) is 0.519. The highest BCUT2D eigenvalue weighted by Crippen LogP contribution is 2.20. The molecule has 2 atom stereocenters. The van der Waals surface area contributed by atoms with Crippen molar-refractivity contribution in [2.24, 2.45) is 5.92 Å². The maximum atomic E-state index is 10.0. The van der Waals surface area contributed by atoms with Gasteiger partial charge in [0.05, 0.1) is 18.3 Å². The van der Waals surface area contributed by atoms with Crippen LogP contribution in [0.15, 0.2) is 0 Å². The molecule has 0 heterocycles. The minimum Gasteiger partial charge on any atom is -0.389 e. The van der Waals surface area contributed by atoms with Crippen LogP contribution in [0.2, 0.25) is 0 Å². The summed E-state index contributed by atoms with van der Waals surface area (Å²) < 4.78 is 5.64. The summed E-state index contributed by atoms with van der Waals surface area (Å²) in [5.74, 6) is 0.595. The summed E-state index contributed by atoms with van der Waals surface area (Å²) in [7, 11) is 0. The first-order valence-corrected chi connectivity index (χ1v) is 8.37. The zero-order valence-corrected chi connectivity index (χ0v) is 14.9. The smallest absolute Gasteiger partial charge is 0.0897 e. The van der Waals surface area contributed by atoms with Gasteiger partial charge in [-0.2, -0.15) is 0 Å². The summed E-state index contributed by atoms with van der Waals surface area (Å²) in [4.78, 5) is 0. The van der Waals surface area contributed by atoms with Crippen molar-refractivity contribution in [3.8, 4) is 0 Å². The van der Waals surface area contributed by atoms with Crippen molar-refractivity contribution in [1.29, 1.82) is 0 Å². The molecule has 0 fully saturated rings. The molecule has 2 unspecified atom stereocenters. The van der Waals surface area contributed by atoms with Crippen LogP contribution >= 0.6 is 0 Å². The highest BCUT2D eigenvalue weighted by atomic mass is 16.5. The van der Waals surface area contributed by atoms with Gasteiger partial charge in [0.15, 0.2) is 0 Å². The third-order valence-electron chi connectivity index (χ3n) is 4.52. The molecule has 21 heavy (non-hydrogen) atoms. The van der Waals surface area contributed by atoms with Crippen molar-refractivity contribution in [3.63, 3.8) is 0 Å². The van der Waals surface area contributed by atoms with Crippen LogP contribution in [-0.2, 0) is 4.74 Å². The first kappa shape index (κ1) is 20.8. The molecule has 0 aliphatic heterocycles. The van der Waals surface area contributed by atoms with Crippen LogP contribution in [0, 0.1) is 5.92 Å². The summed E-state index contributed by atoms with van der Waals surface area (Å²) in [6.45, 7) is 13.3. The van der Waals surface area contributed by atoms with Gasteiger partial charge < -0.3 is 20.3 Å². The van der Waals surface area contributed by atoms with Crippen LogP contribution in [0.4, 0.5) is 0 Å². The van der Waals surface area contributed by atoms with Gasteiger partial charge in [-0.1, -0.05) is 33.1 Å². The minimum absolute atomic E-state index is 0.345. The predicted molar refractivity (Wildman–Crippen MR) is 88.5 cm³/mol. The number of hydrogen-bond donors (Lipinski definition) is 3. The number of ether oxygens (including phenoxy) is 1. The Morgan fingerprint density at radius 3 is 2.19 bits per heavy atom. The second kappa shape index (κ2) is 9.78. The minimum atomic E-state index is -0.846. The number of hydrogen-bond acceptors (Lipinski definition) is 4. The van der Waals surface area contributed by atoms with E-state index >= 15 is 0 Å².